The van der Waals surface area contributed by atoms with Gasteiger partial charge in [-0.25, -0.2) is 9.07 Å². The molecule has 0 atom stereocenters. The summed E-state index contributed by atoms with van der Waals surface area (Å²) in [5.74, 6) is 0.385. The number of nitrogens with one attached hydrogen (secondary N) is 1. The molecule has 28 heavy (non-hydrogen) atoms. The lowest BCUT2D eigenvalue weighted by atomic mass is 10.2. The predicted molar refractivity (Wildman–Crippen MR) is 103 cm³/mol. The first-order valence-electron chi connectivity index (χ1n) is 8.50. The lowest BCUT2D eigenvalue weighted by Gasteiger charge is -2.08. The number of amides is 1. The average molecular weight is 397 g/mol. The third-order valence-corrected chi connectivity index (χ3v) is 5.06. The van der Waals surface area contributed by atoms with E-state index >= 15 is 0 Å². The summed E-state index contributed by atoms with van der Waals surface area (Å²) in [4.78, 5) is 12.2. The Hall–Kier alpha value is -3.20. The van der Waals surface area contributed by atoms with Gasteiger partial charge >= 0.3 is 0 Å². The molecule has 0 fully saturated rings. The minimum Gasteiger partial charge on any atom is -0.467 e. The molecule has 0 spiro atoms. The maximum Gasteiger partial charge on any atom is 0.230 e. The highest BCUT2D eigenvalue weighted by molar-refractivity contribution is 8.00. The van der Waals surface area contributed by atoms with Gasteiger partial charge in [-0.15, -0.1) is 5.10 Å². The van der Waals surface area contributed by atoms with Gasteiger partial charge in [-0.2, -0.15) is 10.2 Å². The first-order chi connectivity index (χ1) is 13.6. The SMILES string of the molecule is Cc1nnc(SCC(=O)NCc2ccco2)c2c1cnn2-c1ccc(F)cc1. The molecular weight excluding hydrogens is 381 g/mol. The molecule has 0 unspecified atom stereocenters. The number of hydrogen-bond donors (Lipinski definition) is 1. The van der Waals surface area contributed by atoms with E-state index in [0.717, 1.165) is 16.6 Å². The van der Waals surface area contributed by atoms with Crippen LogP contribution in [0.5, 0.6) is 0 Å². The Balaban J connectivity index is 1.56. The summed E-state index contributed by atoms with van der Waals surface area (Å²) in [5, 5.41) is 17.0. The number of thioether (sulfide) groups is 1. The number of carbonyl (C=O) groups excluding carboxylic acids is 1. The Labute approximate surface area is 163 Å². The van der Waals surface area contributed by atoms with E-state index in [1.54, 1.807) is 41.4 Å². The summed E-state index contributed by atoms with van der Waals surface area (Å²) >= 11 is 1.27. The van der Waals surface area contributed by atoms with Gasteiger partial charge in [0, 0.05) is 5.39 Å². The standard InChI is InChI=1S/C19H16FN5O2S/c1-12-16-10-22-25(14-6-4-13(20)5-7-14)18(16)19(24-23-12)28-11-17(26)21-9-15-3-2-8-27-15/h2-8,10H,9,11H2,1H3,(H,21,26). The summed E-state index contributed by atoms with van der Waals surface area (Å²) in [6, 6.07) is 9.59. The van der Waals surface area contributed by atoms with Crippen LogP contribution in [0.3, 0.4) is 0 Å². The van der Waals surface area contributed by atoms with Crippen molar-refractivity contribution in [3.05, 3.63) is 66.1 Å². The van der Waals surface area contributed by atoms with E-state index in [9.17, 15) is 9.18 Å². The molecule has 4 rings (SSSR count). The van der Waals surface area contributed by atoms with Crippen LogP contribution in [0, 0.1) is 12.7 Å². The molecule has 0 aliphatic rings. The van der Waals surface area contributed by atoms with Gasteiger partial charge in [0.25, 0.3) is 0 Å². The van der Waals surface area contributed by atoms with Gasteiger partial charge < -0.3 is 9.73 Å². The topological polar surface area (TPSA) is 85.8 Å². The quantitative estimate of drug-likeness (QED) is 0.503. The average Bonchev–Trinajstić information content (AvgIpc) is 3.37. The summed E-state index contributed by atoms with van der Waals surface area (Å²) in [6.45, 7) is 2.17. The molecule has 0 radical (unpaired) electrons. The molecule has 1 aromatic carbocycles. The smallest absolute Gasteiger partial charge is 0.230 e. The third-order valence-electron chi connectivity index (χ3n) is 4.10. The summed E-state index contributed by atoms with van der Waals surface area (Å²) in [5.41, 5.74) is 2.17. The Morgan fingerprint density at radius 2 is 2.07 bits per heavy atom. The first-order valence-corrected chi connectivity index (χ1v) is 9.49. The van der Waals surface area contributed by atoms with Crippen molar-refractivity contribution in [2.75, 3.05) is 5.75 Å². The monoisotopic (exact) mass is 397 g/mol. The molecule has 7 nitrogen and oxygen atoms in total. The fourth-order valence-electron chi connectivity index (χ4n) is 2.70. The molecule has 0 saturated heterocycles. The number of halogens is 1. The highest BCUT2D eigenvalue weighted by Crippen LogP contribution is 2.28. The molecule has 0 bridgehead atoms. The van der Waals surface area contributed by atoms with Crippen molar-refractivity contribution < 1.29 is 13.6 Å². The van der Waals surface area contributed by atoms with E-state index < -0.39 is 0 Å². The van der Waals surface area contributed by atoms with E-state index in [0.29, 0.717) is 23.0 Å². The number of furan rings is 1. The van der Waals surface area contributed by atoms with Crippen LogP contribution in [0.25, 0.3) is 16.6 Å². The van der Waals surface area contributed by atoms with Crippen LogP contribution in [0.4, 0.5) is 4.39 Å². The zero-order valence-electron chi connectivity index (χ0n) is 14.9. The van der Waals surface area contributed by atoms with Gasteiger partial charge in [0.15, 0.2) is 0 Å². The molecule has 0 saturated carbocycles. The molecule has 1 N–H and O–H groups in total. The van der Waals surface area contributed by atoms with Crippen molar-refractivity contribution in [1.29, 1.82) is 0 Å². The summed E-state index contributed by atoms with van der Waals surface area (Å²) < 4.78 is 20.1. The van der Waals surface area contributed by atoms with Crippen LogP contribution >= 0.6 is 11.8 Å². The lowest BCUT2D eigenvalue weighted by molar-refractivity contribution is -0.118. The van der Waals surface area contributed by atoms with E-state index in [-0.39, 0.29) is 17.5 Å². The molecule has 3 heterocycles. The molecule has 9 heteroatoms. The number of hydrogen-bond acceptors (Lipinski definition) is 6. The fourth-order valence-corrected chi connectivity index (χ4v) is 3.50. The van der Waals surface area contributed by atoms with Crippen LogP contribution in [-0.4, -0.2) is 31.6 Å². The van der Waals surface area contributed by atoms with Crippen molar-refractivity contribution in [2.24, 2.45) is 0 Å². The summed E-state index contributed by atoms with van der Waals surface area (Å²) in [6.07, 6.45) is 3.26. The summed E-state index contributed by atoms with van der Waals surface area (Å²) in [7, 11) is 0. The van der Waals surface area contributed by atoms with Gasteiger partial charge in [0.2, 0.25) is 5.91 Å². The number of carbonyl (C=O) groups is 1. The Morgan fingerprint density at radius 1 is 1.25 bits per heavy atom. The predicted octanol–water partition coefficient (Wildman–Crippen LogP) is 3.26. The van der Waals surface area contributed by atoms with E-state index in [1.165, 1.54) is 23.9 Å². The number of benzene rings is 1. The minimum absolute atomic E-state index is 0.148. The highest BCUT2D eigenvalue weighted by atomic mass is 32.2. The Kier molecular flexibility index (Phi) is 5.07. The maximum absolute atomic E-state index is 13.3. The van der Waals surface area contributed by atoms with Crippen LogP contribution in [0.15, 0.2) is 58.3 Å². The van der Waals surface area contributed by atoms with Crippen LogP contribution in [-0.2, 0) is 11.3 Å². The molecule has 4 aromatic rings. The van der Waals surface area contributed by atoms with Crippen LogP contribution in [0.2, 0.25) is 0 Å². The number of fused-ring (bicyclic) bond motifs is 1. The number of rotatable bonds is 6. The van der Waals surface area contributed by atoms with E-state index in [2.05, 4.69) is 20.6 Å². The minimum atomic E-state index is -0.320. The zero-order valence-corrected chi connectivity index (χ0v) is 15.7. The lowest BCUT2D eigenvalue weighted by Crippen LogP contribution is -2.24. The van der Waals surface area contributed by atoms with Gasteiger partial charge in [-0.3, -0.25) is 4.79 Å². The molecule has 3 aromatic heterocycles. The normalized spacial score (nSPS) is 11.1. The zero-order chi connectivity index (χ0) is 19.5. The number of aryl methyl sites for hydroxylation is 1. The van der Waals surface area contributed by atoms with Crippen LogP contribution < -0.4 is 5.32 Å². The Bertz CT molecular complexity index is 1110. The van der Waals surface area contributed by atoms with Gasteiger partial charge in [-0.05, 0) is 43.3 Å². The van der Waals surface area contributed by atoms with Crippen LogP contribution in [0.1, 0.15) is 11.5 Å². The van der Waals surface area contributed by atoms with Crippen molar-refractivity contribution >= 4 is 28.6 Å². The van der Waals surface area contributed by atoms with Crippen molar-refractivity contribution in [3.63, 3.8) is 0 Å². The van der Waals surface area contributed by atoms with Crippen molar-refractivity contribution in [3.8, 4) is 5.69 Å². The third kappa shape index (κ3) is 3.74. The molecule has 142 valence electrons. The largest absolute Gasteiger partial charge is 0.467 e. The van der Waals surface area contributed by atoms with Crippen molar-refractivity contribution in [2.45, 2.75) is 18.5 Å². The van der Waals surface area contributed by atoms with Crippen molar-refractivity contribution in [1.82, 2.24) is 25.3 Å². The first kappa shape index (κ1) is 18.2. The molecule has 0 aliphatic carbocycles. The van der Waals surface area contributed by atoms with E-state index in [4.69, 9.17) is 4.42 Å². The van der Waals surface area contributed by atoms with E-state index in [1.807, 2.05) is 6.92 Å². The van der Waals surface area contributed by atoms with Gasteiger partial charge in [0.1, 0.15) is 22.1 Å². The highest BCUT2D eigenvalue weighted by Gasteiger charge is 2.16. The molecule has 0 aliphatic heterocycles. The second-order valence-corrected chi connectivity index (χ2v) is 6.99. The second-order valence-electron chi connectivity index (χ2n) is 6.03. The Morgan fingerprint density at radius 3 is 2.82 bits per heavy atom. The van der Waals surface area contributed by atoms with Gasteiger partial charge in [-0.1, -0.05) is 11.8 Å². The fraction of sp³-hybridized carbons (Fsp3) is 0.158. The van der Waals surface area contributed by atoms with Gasteiger partial charge in [0.05, 0.1) is 36.1 Å². The molecule has 1 amide bonds. The maximum atomic E-state index is 13.3. The number of nitrogens with zero attached hydrogens (tertiary/aromatic N) is 4. The second kappa shape index (κ2) is 7.81. The molecular formula is C19H16FN5O2S. The number of aromatic nitrogens is 4.